The van der Waals surface area contributed by atoms with Crippen LogP contribution in [-0.4, -0.2) is 49.9 Å². The first-order chi connectivity index (χ1) is 14.7. The summed E-state index contributed by atoms with van der Waals surface area (Å²) in [6, 6.07) is 21.2. The number of hydrogen-bond donors (Lipinski definition) is 1. The molecule has 30 heavy (non-hydrogen) atoms. The Labute approximate surface area is 177 Å². The molecule has 1 atom stereocenters. The van der Waals surface area contributed by atoms with Gasteiger partial charge in [0, 0.05) is 43.1 Å². The number of fused-ring (bicyclic) bond motifs is 1. The quantitative estimate of drug-likeness (QED) is 0.547. The molecule has 1 N–H and O–H groups in total. The van der Waals surface area contributed by atoms with Gasteiger partial charge in [-0.05, 0) is 31.5 Å². The fourth-order valence-corrected chi connectivity index (χ4v) is 4.63. The Bertz CT molecular complexity index is 1140. The topological polar surface area (TPSA) is 46.2 Å². The van der Waals surface area contributed by atoms with E-state index in [1.165, 1.54) is 16.6 Å². The van der Waals surface area contributed by atoms with Crippen molar-refractivity contribution < 1.29 is 5.11 Å². The van der Waals surface area contributed by atoms with Crippen LogP contribution >= 0.6 is 0 Å². The molecule has 154 valence electrons. The van der Waals surface area contributed by atoms with Crippen LogP contribution in [0.5, 0.6) is 0 Å². The van der Waals surface area contributed by atoms with Crippen molar-refractivity contribution in [2.24, 2.45) is 7.05 Å². The molecule has 0 amide bonds. The summed E-state index contributed by atoms with van der Waals surface area (Å²) in [5.41, 5.74) is 5.69. The molecule has 2 aromatic heterocycles. The molecule has 0 bridgehead atoms. The highest BCUT2D eigenvalue weighted by Crippen LogP contribution is 2.34. The van der Waals surface area contributed by atoms with Crippen molar-refractivity contribution in [2.75, 3.05) is 19.6 Å². The molecular weight excluding hydrogens is 372 g/mol. The molecule has 4 aromatic rings. The van der Waals surface area contributed by atoms with E-state index >= 15 is 0 Å². The molecule has 3 heterocycles. The number of aliphatic hydroxyl groups excluding tert-OH is 1. The number of para-hydroxylation sites is 1. The molecule has 0 aliphatic carbocycles. The van der Waals surface area contributed by atoms with Crippen molar-refractivity contribution in [3.05, 3.63) is 67.0 Å². The van der Waals surface area contributed by atoms with E-state index < -0.39 is 0 Å². The van der Waals surface area contributed by atoms with Crippen LogP contribution in [0.25, 0.3) is 33.5 Å². The van der Waals surface area contributed by atoms with Crippen molar-refractivity contribution in [3.8, 4) is 22.6 Å². The number of aromatic nitrogens is 3. The van der Waals surface area contributed by atoms with Crippen molar-refractivity contribution in [1.82, 2.24) is 19.0 Å². The van der Waals surface area contributed by atoms with Gasteiger partial charge in [0.2, 0.25) is 0 Å². The Kier molecular flexibility index (Phi) is 5.15. The number of likely N-dealkylation sites (tertiary alicyclic amines) is 1. The van der Waals surface area contributed by atoms with Crippen molar-refractivity contribution >= 4 is 10.9 Å². The van der Waals surface area contributed by atoms with Gasteiger partial charge in [0.05, 0.1) is 29.5 Å². The van der Waals surface area contributed by atoms with Gasteiger partial charge in [0.1, 0.15) is 0 Å². The zero-order valence-corrected chi connectivity index (χ0v) is 17.4. The van der Waals surface area contributed by atoms with Gasteiger partial charge in [0.25, 0.3) is 0 Å². The molecule has 1 aliphatic heterocycles. The molecule has 0 saturated carbocycles. The second kappa shape index (κ2) is 8.09. The number of benzene rings is 2. The van der Waals surface area contributed by atoms with Gasteiger partial charge in [-0.2, -0.15) is 0 Å². The summed E-state index contributed by atoms with van der Waals surface area (Å²) in [7, 11) is 2.13. The minimum Gasteiger partial charge on any atom is -0.392 e. The maximum atomic E-state index is 10.0. The zero-order valence-electron chi connectivity index (χ0n) is 17.4. The second-order valence-electron chi connectivity index (χ2n) is 8.25. The van der Waals surface area contributed by atoms with Gasteiger partial charge in [0.15, 0.2) is 0 Å². The average molecular weight is 401 g/mol. The Hall–Kier alpha value is -2.89. The van der Waals surface area contributed by atoms with Gasteiger partial charge in [-0.3, -0.25) is 4.90 Å². The standard InChI is InChI=1S/C25H28N4O/c1-27-22-12-6-5-10-20(22)16-23(27)25-24(19-8-3-2-4-9-19)26-18-29(25)15-14-28-13-7-11-21(30)17-28/h2-6,8-10,12,16,18,21,30H,7,11,13-15,17H2,1H3/t21-/m0/s1. The Morgan fingerprint density at radius 1 is 1.03 bits per heavy atom. The lowest BCUT2D eigenvalue weighted by Crippen LogP contribution is -2.39. The number of piperidine rings is 1. The molecule has 5 rings (SSSR count). The van der Waals surface area contributed by atoms with Gasteiger partial charge in [-0.15, -0.1) is 0 Å². The first kappa shape index (κ1) is 19.1. The molecule has 5 heteroatoms. The highest BCUT2D eigenvalue weighted by Gasteiger charge is 2.21. The van der Waals surface area contributed by atoms with Crippen molar-refractivity contribution in [2.45, 2.75) is 25.5 Å². The molecule has 5 nitrogen and oxygen atoms in total. The van der Waals surface area contributed by atoms with Crippen molar-refractivity contribution in [3.63, 3.8) is 0 Å². The van der Waals surface area contributed by atoms with Crippen LogP contribution in [0.2, 0.25) is 0 Å². The van der Waals surface area contributed by atoms with Crippen LogP contribution in [0.4, 0.5) is 0 Å². The van der Waals surface area contributed by atoms with E-state index in [-0.39, 0.29) is 6.10 Å². The number of nitrogens with zero attached hydrogens (tertiary/aromatic N) is 4. The summed E-state index contributed by atoms with van der Waals surface area (Å²) in [5.74, 6) is 0. The zero-order chi connectivity index (χ0) is 20.5. The summed E-state index contributed by atoms with van der Waals surface area (Å²) >= 11 is 0. The van der Waals surface area contributed by atoms with E-state index in [1.54, 1.807) is 0 Å². The fourth-order valence-electron chi connectivity index (χ4n) is 4.63. The van der Waals surface area contributed by atoms with Crippen LogP contribution in [0, 0.1) is 0 Å². The minimum atomic E-state index is -0.195. The number of rotatable bonds is 5. The lowest BCUT2D eigenvalue weighted by Gasteiger charge is -2.30. The van der Waals surface area contributed by atoms with E-state index in [2.05, 4.69) is 75.7 Å². The predicted octanol–water partition coefficient (Wildman–Crippen LogP) is 4.17. The SMILES string of the molecule is Cn1c(-c2c(-c3ccccc3)ncn2CCN2CCC[C@H](O)C2)cc2ccccc21. The van der Waals surface area contributed by atoms with E-state index in [0.29, 0.717) is 0 Å². The van der Waals surface area contributed by atoms with Gasteiger partial charge < -0.3 is 14.2 Å². The normalized spacial score (nSPS) is 17.6. The van der Waals surface area contributed by atoms with E-state index in [9.17, 15) is 5.11 Å². The lowest BCUT2D eigenvalue weighted by molar-refractivity contribution is 0.0690. The van der Waals surface area contributed by atoms with E-state index in [4.69, 9.17) is 4.98 Å². The van der Waals surface area contributed by atoms with Crippen LogP contribution in [0.15, 0.2) is 67.0 Å². The lowest BCUT2D eigenvalue weighted by atomic mass is 10.1. The molecule has 1 saturated heterocycles. The van der Waals surface area contributed by atoms with Gasteiger partial charge >= 0.3 is 0 Å². The predicted molar refractivity (Wildman–Crippen MR) is 121 cm³/mol. The maximum Gasteiger partial charge on any atom is 0.0978 e. The van der Waals surface area contributed by atoms with E-state index in [0.717, 1.165) is 56.0 Å². The third kappa shape index (κ3) is 3.55. The number of aliphatic hydroxyl groups is 1. The maximum absolute atomic E-state index is 10.0. The number of imidazole rings is 1. The fraction of sp³-hybridized carbons (Fsp3) is 0.320. The smallest absolute Gasteiger partial charge is 0.0978 e. The molecule has 1 aliphatic rings. The highest BCUT2D eigenvalue weighted by atomic mass is 16.3. The van der Waals surface area contributed by atoms with Crippen LogP contribution < -0.4 is 0 Å². The molecule has 2 aromatic carbocycles. The van der Waals surface area contributed by atoms with Crippen LogP contribution in [0.3, 0.4) is 0 Å². The second-order valence-corrected chi connectivity index (χ2v) is 8.25. The van der Waals surface area contributed by atoms with Gasteiger partial charge in [-0.25, -0.2) is 4.98 Å². The molecule has 1 fully saturated rings. The first-order valence-corrected chi connectivity index (χ1v) is 10.8. The third-order valence-electron chi connectivity index (χ3n) is 6.22. The first-order valence-electron chi connectivity index (χ1n) is 10.8. The van der Waals surface area contributed by atoms with E-state index in [1.807, 2.05) is 12.4 Å². The number of aryl methyl sites for hydroxylation is 1. The molecule has 0 radical (unpaired) electrons. The average Bonchev–Trinajstić information content (AvgIpc) is 3.34. The summed E-state index contributed by atoms with van der Waals surface area (Å²) in [5, 5.41) is 11.3. The Morgan fingerprint density at radius 3 is 2.63 bits per heavy atom. The third-order valence-corrected chi connectivity index (χ3v) is 6.22. The highest BCUT2D eigenvalue weighted by molar-refractivity contribution is 5.89. The Morgan fingerprint density at radius 2 is 1.83 bits per heavy atom. The summed E-state index contributed by atoms with van der Waals surface area (Å²) in [4.78, 5) is 7.20. The molecule has 0 spiro atoms. The minimum absolute atomic E-state index is 0.195. The van der Waals surface area contributed by atoms with Crippen molar-refractivity contribution in [1.29, 1.82) is 0 Å². The van der Waals surface area contributed by atoms with Gasteiger partial charge in [-0.1, -0.05) is 48.5 Å². The monoisotopic (exact) mass is 400 g/mol. The number of β-amino-alcohol motifs (C(OH)–C–C–N with tert-alkyl or cyclic N) is 1. The Balaban J connectivity index is 1.56. The summed E-state index contributed by atoms with van der Waals surface area (Å²) in [6.07, 6.45) is 3.76. The summed E-state index contributed by atoms with van der Waals surface area (Å²) in [6.45, 7) is 3.59. The number of hydrogen-bond acceptors (Lipinski definition) is 3. The summed E-state index contributed by atoms with van der Waals surface area (Å²) < 4.78 is 4.54. The van der Waals surface area contributed by atoms with Crippen LogP contribution in [-0.2, 0) is 13.6 Å². The largest absolute Gasteiger partial charge is 0.392 e. The van der Waals surface area contributed by atoms with Crippen LogP contribution in [0.1, 0.15) is 12.8 Å². The molecule has 0 unspecified atom stereocenters. The molecular formula is C25H28N4O.